The molecule has 1 N–H and O–H groups in total. The SMILES string of the molecule is CN(C)C(=O)N[C@@H]1CN(C2CCOCC2)[C@H]2CCCO[C@@H]12. The first-order chi connectivity index (χ1) is 10.2. The first kappa shape index (κ1) is 15.1. The lowest BCUT2D eigenvalue weighted by molar-refractivity contribution is -0.0389. The molecule has 3 aliphatic rings. The van der Waals surface area contributed by atoms with Crippen molar-refractivity contribution in [2.24, 2.45) is 0 Å². The third-order valence-electron chi connectivity index (χ3n) is 4.94. The van der Waals surface area contributed by atoms with Crippen LogP contribution in [0.25, 0.3) is 0 Å². The van der Waals surface area contributed by atoms with E-state index in [-0.39, 0.29) is 18.2 Å². The van der Waals surface area contributed by atoms with Crippen LogP contribution in [-0.4, -0.2) is 80.5 Å². The molecule has 3 rings (SSSR count). The molecule has 21 heavy (non-hydrogen) atoms. The van der Waals surface area contributed by atoms with Crippen LogP contribution < -0.4 is 5.32 Å². The molecule has 3 aliphatic heterocycles. The van der Waals surface area contributed by atoms with Gasteiger partial charge in [0.25, 0.3) is 0 Å². The minimum Gasteiger partial charge on any atom is -0.381 e. The second kappa shape index (κ2) is 6.50. The summed E-state index contributed by atoms with van der Waals surface area (Å²) < 4.78 is 11.5. The number of ether oxygens (including phenoxy) is 2. The Kier molecular flexibility index (Phi) is 4.66. The van der Waals surface area contributed by atoms with Crippen molar-refractivity contribution in [1.29, 1.82) is 0 Å². The summed E-state index contributed by atoms with van der Waals surface area (Å²) in [5, 5.41) is 3.14. The van der Waals surface area contributed by atoms with Crippen molar-refractivity contribution in [1.82, 2.24) is 15.1 Å². The van der Waals surface area contributed by atoms with E-state index in [1.165, 1.54) is 6.42 Å². The lowest BCUT2D eigenvalue weighted by Gasteiger charge is -2.38. The van der Waals surface area contributed by atoms with Gasteiger partial charge in [0, 0.05) is 52.5 Å². The minimum atomic E-state index is -0.0262. The van der Waals surface area contributed by atoms with Crippen molar-refractivity contribution in [2.75, 3.05) is 40.5 Å². The molecular formula is C15H27N3O3. The Morgan fingerprint density at radius 1 is 1.19 bits per heavy atom. The van der Waals surface area contributed by atoms with Gasteiger partial charge in [-0.05, 0) is 25.7 Å². The lowest BCUT2D eigenvalue weighted by atomic mass is 9.99. The van der Waals surface area contributed by atoms with Crippen molar-refractivity contribution < 1.29 is 14.3 Å². The third-order valence-corrected chi connectivity index (χ3v) is 4.94. The topological polar surface area (TPSA) is 54.0 Å². The van der Waals surface area contributed by atoms with Gasteiger partial charge in [-0.2, -0.15) is 0 Å². The van der Waals surface area contributed by atoms with E-state index in [0.717, 1.165) is 45.6 Å². The Labute approximate surface area is 126 Å². The molecule has 3 saturated heterocycles. The molecule has 6 heteroatoms. The molecule has 0 bridgehead atoms. The molecule has 0 radical (unpaired) electrons. The molecule has 0 unspecified atom stereocenters. The highest BCUT2D eigenvalue weighted by molar-refractivity contribution is 5.74. The summed E-state index contributed by atoms with van der Waals surface area (Å²) in [6, 6.07) is 1.11. The quantitative estimate of drug-likeness (QED) is 0.814. The number of hydrogen-bond acceptors (Lipinski definition) is 4. The molecule has 0 aromatic rings. The molecule has 0 saturated carbocycles. The van der Waals surface area contributed by atoms with Gasteiger partial charge in [-0.1, -0.05) is 0 Å². The molecule has 0 aromatic heterocycles. The molecule has 0 aromatic carbocycles. The Hall–Kier alpha value is -0.850. The number of nitrogens with one attached hydrogen (secondary N) is 1. The standard InChI is InChI=1S/C15H27N3O3/c1-17(2)15(19)16-12-10-18(11-5-8-20-9-6-11)13-4-3-7-21-14(12)13/h11-14H,3-10H2,1-2H3,(H,16,19)/t12-,13+,14+/m1/s1. The summed E-state index contributed by atoms with van der Waals surface area (Å²) in [5.74, 6) is 0. The Balaban J connectivity index is 1.69. The normalized spacial score (nSPS) is 34.5. The van der Waals surface area contributed by atoms with E-state index in [0.29, 0.717) is 12.1 Å². The highest BCUT2D eigenvalue weighted by Gasteiger charge is 2.47. The summed E-state index contributed by atoms with van der Waals surface area (Å²) in [6.07, 6.45) is 4.63. The molecular weight excluding hydrogens is 270 g/mol. The van der Waals surface area contributed by atoms with E-state index < -0.39 is 0 Å². The number of nitrogens with zero attached hydrogens (tertiary/aromatic N) is 2. The number of amides is 2. The van der Waals surface area contributed by atoms with Crippen LogP contribution in [0.5, 0.6) is 0 Å². The van der Waals surface area contributed by atoms with Crippen LogP contribution in [0.1, 0.15) is 25.7 Å². The fourth-order valence-electron chi connectivity index (χ4n) is 3.84. The Morgan fingerprint density at radius 2 is 1.95 bits per heavy atom. The largest absolute Gasteiger partial charge is 0.381 e. The van der Waals surface area contributed by atoms with E-state index in [4.69, 9.17) is 9.47 Å². The first-order valence-electron chi connectivity index (χ1n) is 8.09. The number of fused-ring (bicyclic) bond motifs is 1. The summed E-state index contributed by atoms with van der Waals surface area (Å²) in [4.78, 5) is 16.1. The second-order valence-electron chi connectivity index (χ2n) is 6.54. The average Bonchev–Trinajstić information content (AvgIpc) is 2.87. The zero-order valence-electron chi connectivity index (χ0n) is 13.1. The predicted octanol–water partition coefficient (Wildman–Crippen LogP) is 0.668. The third kappa shape index (κ3) is 3.17. The molecule has 6 nitrogen and oxygen atoms in total. The first-order valence-corrected chi connectivity index (χ1v) is 8.09. The van der Waals surface area contributed by atoms with Gasteiger partial charge >= 0.3 is 6.03 Å². The van der Waals surface area contributed by atoms with Crippen molar-refractivity contribution in [3.63, 3.8) is 0 Å². The van der Waals surface area contributed by atoms with Crippen molar-refractivity contribution in [2.45, 2.75) is 49.9 Å². The van der Waals surface area contributed by atoms with E-state index in [1.54, 1.807) is 19.0 Å². The maximum absolute atomic E-state index is 12.0. The summed E-state index contributed by atoms with van der Waals surface area (Å²) in [5.41, 5.74) is 0. The number of urea groups is 1. The molecule has 2 amide bonds. The van der Waals surface area contributed by atoms with E-state index in [1.807, 2.05) is 0 Å². The van der Waals surface area contributed by atoms with Crippen LogP contribution in [0.3, 0.4) is 0 Å². The van der Waals surface area contributed by atoms with Crippen LogP contribution in [-0.2, 0) is 9.47 Å². The number of carbonyl (C=O) groups is 1. The van der Waals surface area contributed by atoms with Gasteiger partial charge in [0.15, 0.2) is 0 Å². The minimum absolute atomic E-state index is 0.0262. The maximum atomic E-state index is 12.0. The van der Waals surface area contributed by atoms with Crippen LogP contribution >= 0.6 is 0 Å². The Bertz CT molecular complexity index is 371. The predicted molar refractivity (Wildman–Crippen MR) is 79.3 cm³/mol. The molecule has 0 aliphatic carbocycles. The molecule has 120 valence electrons. The number of rotatable bonds is 2. The number of hydrogen-bond donors (Lipinski definition) is 1. The molecule has 0 spiro atoms. The smallest absolute Gasteiger partial charge is 0.317 e. The maximum Gasteiger partial charge on any atom is 0.317 e. The number of likely N-dealkylation sites (tertiary alicyclic amines) is 1. The average molecular weight is 297 g/mol. The van der Waals surface area contributed by atoms with E-state index >= 15 is 0 Å². The molecule has 3 atom stereocenters. The summed E-state index contributed by atoms with van der Waals surface area (Å²) in [7, 11) is 3.56. The van der Waals surface area contributed by atoms with Gasteiger partial charge in [0.05, 0.1) is 12.1 Å². The van der Waals surface area contributed by atoms with Crippen molar-refractivity contribution in [3.8, 4) is 0 Å². The van der Waals surface area contributed by atoms with Gasteiger partial charge < -0.3 is 19.7 Å². The summed E-state index contributed by atoms with van der Waals surface area (Å²) in [6.45, 7) is 3.43. The van der Waals surface area contributed by atoms with Gasteiger partial charge in [0.2, 0.25) is 0 Å². The highest BCUT2D eigenvalue weighted by atomic mass is 16.5. The zero-order chi connectivity index (χ0) is 14.8. The van der Waals surface area contributed by atoms with Crippen LogP contribution in [0, 0.1) is 0 Å². The zero-order valence-corrected chi connectivity index (χ0v) is 13.1. The van der Waals surface area contributed by atoms with E-state index in [2.05, 4.69) is 10.2 Å². The van der Waals surface area contributed by atoms with Gasteiger partial charge in [-0.15, -0.1) is 0 Å². The Morgan fingerprint density at radius 3 is 2.67 bits per heavy atom. The van der Waals surface area contributed by atoms with Gasteiger partial charge in [-0.3, -0.25) is 4.90 Å². The van der Waals surface area contributed by atoms with Crippen LogP contribution in [0.4, 0.5) is 4.79 Å². The summed E-state index contributed by atoms with van der Waals surface area (Å²) >= 11 is 0. The lowest BCUT2D eigenvalue weighted by Crippen LogP contribution is -2.50. The van der Waals surface area contributed by atoms with Crippen molar-refractivity contribution in [3.05, 3.63) is 0 Å². The van der Waals surface area contributed by atoms with E-state index in [9.17, 15) is 4.79 Å². The molecule has 3 heterocycles. The van der Waals surface area contributed by atoms with Crippen molar-refractivity contribution >= 4 is 6.03 Å². The van der Waals surface area contributed by atoms with Gasteiger partial charge in [-0.25, -0.2) is 4.79 Å². The number of carbonyl (C=O) groups excluding carboxylic acids is 1. The fourth-order valence-corrected chi connectivity index (χ4v) is 3.84. The van der Waals surface area contributed by atoms with Gasteiger partial charge in [0.1, 0.15) is 0 Å². The van der Waals surface area contributed by atoms with Crippen LogP contribution in [0.15, 0.2) is 0 Å². The second-order valence-corrected chi connectivity index (χ2v) is 6.54. The van der Waals surface area contributed by atoms with Crippen LogP contribution in [0.2, 0.25) is 0 Å². The monoisotopic (exact) mass is 297 g/mol. The highest BCUT2D eigenvalue weighted by Crippen LogP contribution is 2.33. The fraction of sp³-hybridized carbons (Fsp3) is 0.933. The molecule has 3 fully saturated rings.